The van der Waals surface area contributed by atoms with Crippen LogP contribution in [0.4, 0.5) is 0 Å². The van der Waals surface area contributed by atoms with Crippen LogP contribution in [0.15, 0.2) is 24.3 Å². The highest BCUT2D eigenvalue weighted by Gasteiger charge is 2.29. The Morgan fingerprint density at radius 2 is 1.57 bits per heavy atom. The van der Waals surface area contributed by atoms with Gasteiger partial charge in [-0.1, -0.05) is 12.1 Å². The molecule has 0 fully saturated rings. The van der Waals surface area contributed by atoms with E-state index in [0.717, 1.165) is 11.5 Å². The first kappa shape index (κ1) is 9.75. The highest BCUT2D eigenvalue weighted by Crippen LogP contribution is 2.50. The lowest BCUT2D eigenvalue weighted by Crippen LogP contribution is -2.32. The van der Waals surface area contributed by atoms with E-state index in [1.807, 2.05) is 24.3 Å². The van der Waals surface area contributed by atoms with Crippen molar-refractivity contribution in [2.24, 2.45) is 0 Å². The fourth-order valence-corrected chi connectivity index (χ4v) is 2.45. The molecule has 1 heterocycles. The fraction of sp³-hybridized carbons (Fsp3) is 0.400. The first-order valence-corrected chi connectivity index (χ1v) is 5.75. The van der Waals surface area contributed by atoms with Crippen molar-refractivity contribution in [2.45, 2.75) is 26.3 Å². The molecule has 0 radical (unpaired) electrons. The van der Waals surface area contributed by atoms with Crippen molar-refractivity contribution < 1.29 is 9.05 Å². The van der Waals surface area contributed by atoms with Crippen LogP contribution in [-0.4, -0.2) is 5.54 Å². The Morgan fingerprint density at radius 3 is 2.00 bits per heavy atom. The van der Waals surface area contributed by atoms with Crippen molar-refractivity contribution in [1.82, 2.24) is 5.09 Å². The molecule has 1 aliphatic rings. The quantitative estimate of drug-likeness (QED) is 0.724. The maximum atomic E-state index is 5.61. The third-order valence-corrected chi connectivity index (χ3v) is 3.22. The zero-order valence-electron chi connectivity index (χ0n) is 8.57. The van der Waals surface area contributed by atoms with Gasteiger partial charge in [0.1, 0.15) is 0 Å². The summed E-state index contributed by atoms with van der Waals surface area (Å²) in [5, 5.41) is 3.29. The van der Waals surface area contributed by atoms with E-state index in [2.05, 4.69) is 25.9 Å². The van der Waals surface area contributed by atoms with Gasteiger partial charge in [0.25, 0.3) is 0 Å². The van der Waals surface area contributed by atoms with Crippen LogP contribution < -0.4 is 14.1 Å². The zero-order valence-corrected chi connectivity index (χ0v) is 9.47. The summed E-state index contributed by atoms with van der Waals surface area (Å²) in [6.45, 7) is 6.26. The Balaban J connectivity index is 2.05. The average molecular weight is 211 g/mol. The van der Waals surface area contributed by atoms with E-state index >= 15 is 0 Å². The average Bonchev–Trinajstić information content (AvgIpc) is 2.42. The molecule has 1 aromatic rings. The molecule has 0 saturated heterocycles. The van der Waals surface area contributed by atoms with Crippen molar-refractivity contribution in [1.29, 1.82) is 0 Å². The highest BCUT2D eigenvalue weighted by molar-refractivity contribution is 7.46. The van der Waals surface area contributed by atoms with E-state index in [0.29, 0.717) is 0 Å². The zero-order chi connectivity index (χ0) is 10.2. The van der Waals surface area contributed by atoms with Gasteiger partial charge in [-0.05, 0) is 32.9 Å². The van der Waals surface area contributed by atoms with Gasteiger partial charge in [0.2, 0.25) is 0 Å². The molecule has 0 atom stereocenters. The molecule has 3 nitrogen and oxygen atoms in total. The Labute approximate surface area is 85.4 Å². The third-order valence-electron chi connectivity index (χ3n) is 1.64. The van der Waals surface area contributed by atoms with Gasteiger partial charge in [0.05, 0.1) is 0 Å². The normalized spacial score (nSPS) is 15.9. The summed E-state index contributed by atoms with van der Waals surface area (Å²) in [5.74, 6) is 1.66. The smallest absolute Gasteiger partial charge is 0.382 e. The minimum atomic E-state index is -1.01. The topological polar surface area (TPSA) is 30.5 Å². The van der Waals surface area contributed by atoms with E-state index in [9.17, 15) is 0 Å². The molecule has 0 saturated carbocycles. The molecule has 1 aromatic carbocycles. The SMILES string of the molecule is CC(C)(C)NP1Oc2ccccc2O1. The van der Waals surface area contributed by atoms with Crippen molar-refractivity contribution in [3.05, 3.63) is 24.3 Å². The Hall–Kier alpha value is -0.790. The van der Waals surface area contributed by atoms with E-state index in [1.54, 1.807) is 0 Å². The molecular weight excluding hydrogens is 197 g/mol. The molecule has 2 rings (SSSR count). The molecule has 76 valence electrons. The van der Waals surface area contributed by atoms with Crippen LogP contribution in [0.1, 0.15) is 20.8 Å². The molecule has 0 aromatic heterocycles. The Kier molecular flexibility index (Phi) is 2.38. The van der Waals surface area contributed by atoms with Crippen LogP contribution in [0.5, 0.6) is 11.5 Å². The predicted octanol–water partition coefficient (Wildman–Crippen LogP) is 3.07. The van der Waals surface area contributed by atoms with E-state index < -0.39 is 8.53 Å². The third kappa shape index (κ3) is 2.17. The number of nitrogens with one attached hydrogen (secondary N) is 1. The number of hydrogen-bond acceptors (Lipinski definition) is 3. The second-order valence-corrected chi connectivity index (χ2v) is 5.35. The Morgan fingerprint density at radius 1 is 1.07 bits per heavy atom. The number of fused-ring (bicyclic) bond motifs is 1. The van der Waals surface area contributed by atoms with Gasteiger partial charge in [0.15, 0.2) is 11.5 Å². The van der Waals surface area contributed by atoms with Crippen LogP contribution in [0.3, 0.4) is 0 Å². The van der Waals surface area contributed by atoms with Gasteiger partial charge in [-0.15, -0.1) is 0 Å². The van der Waals surface area contributed by atoms with Gasteiger partial charge >= 0.3 is 8.53 Å². The van der Waals surface area contributed by atoms with Crippen LogP contribution in [0, 0.1) is 0 Å². The molecule has 0 bridgehead atoms. The lowest BCUT2D eigenvalue weighted by atomic mass is 10.1. The molecule has 1 N–H and O–H groups in total. The van der Waals surface area contributed by atoms with Gasteiger partial charge in [-0.25, -0.2) is 5.09 Å². The number of para-hydroxylation sites is 2. The van der Waals surface area contributed by atoms with E-state index in [1.165, 1.54) is 0 Å². The summed E-state index contributed by atoms with van der Waals surface area (Å²) in [6, 6.07) is 7.72. The first-order valence-electron chi connectivity index (χ1n) is 4.57. The summed E-state index contributed by atoms with van der Waals surface area (Å²) in [5.41, 5.74) is 0.00769. The molecule has 14 heavy (non-hydrogen) atoms. The standard InChI is InChI=1S/C10H14NO2P/c1-10(2,3)11-14-12-8-6-4-5-7-9(8)13-14/h4-7,11H,1-3H3. The van der Waals surface area contributed by atoms with Gasteiger partial charge < -0.3 is 9.05 Å². The van der Waals surface area contributed by atoms with Gasteiger partial charge in [-0.3, -0.25) is 0 Å². The first-order chi connectivity index (χ1) is 6.54. The molecule has 4 heteroatoms. The second kappa shape index (κ2) is 3.41. The second-order valence-electron chi connectivity index (χ2n) is 4.25. The van der Waals surface area contributed by atoms with Crippen LogP contribution >= 0.6 is 8.53 Å². The van der Waals surface area contributed by atoms with Gasteiger partial charge in [-0.2, -0.15) is 0 Å². The summed E-state index contributed by atoms with van der Waals surface area (Å²) >= 11 is 0. The largest absolute Gasteiger partial charge is 0.423 e. The highest BCUT2D eigenvalue weighted by atomic mass is 31.2. The monoisotopic (exact) mass is 211 g/mol. The molecule has 0 aliphatic carbocycles. The van der Waals surface area contributed by atoms with Crippen molar-refractivity contribution in [3.63, 3.8) is 0 Å². The number of hydrogen-bond donors (Lipinski definition) is 1. The van der Waals surface area contributed by atoms with Crippen LogP contribution in [-0.2, 0) is 0 Å². The minimum absolute atomic E-state index is 0.00769. The molecule has 0 spiro atoms. The Bertz CT molecular complexity index is 310. The van der Waals surface area contributed by atoms with Crippen molar-refractivity contribution in [3.8, 4) is 11.5 Å². The summed E-state index contributed by atoms with van der Waals surface area (Å²) in [7, 11) is -1.01. The fourth-order valence-electron chi connectivity index (χ4n) is 1.12. The number of rotatable bonds is 1. The lowest BCUT2D eigenvalue weighted by molar-refractivity contribution is 0.464. The minimum Gasteiger partial charge on any atom is -0.423 e. The van der Waals surface area contributed by atoms with Gasteiger partial charge in [0, 0.05) is 5.54 Å². The summed E-state index contributed by atoms with van der Waals surface area (Å²) in [6.07, 6.45) is 0. The summed E-state index contributed by atoms with van der Waals surface area (Å²) < 4.78 is 11.2. The molecule has 0 unspecified atom stereocenters. The molecular formula is C10H14NO2P. The van der Waals surface area contributed by atoms with Crippen LogP contribution in [0.25, 0.3) is 0 Å². The summed E-state index contributed by atoms with van der Waals surface area (Å²) in [4.78, 5) is 0. The number of benzene rings is 1. The molecule has 1 aliphatic heterocycles. The van der Waals surface area contributed by atoms with Crippen LogP contribution in [0.2, 0.25) is 0 Å². The maximum absolute atomic E-state index is 5.61. The van der Waals surface area contributed by atoms with Crippen molar-refractivity contribution >= 4 is 8.53 Å². The van der Waals surface area contributed by atoms with Crippen molar-refractivity contribution in [2.75, 3.05) is 0 Å². The predicted molar refractivity (Wildman–Crippen MR) is 57.5 cm³/mol. The molecule has 0 amide bonds. The lowest BCUT2D eigenvalue weighted by Gasteiger charge is -2.22. The maximum Gasteiger partial charge on any atom is 0.382 e. The van der Waals surface area contributed by atoms with E-state index in [4.69, 9.17) is 9.05 Å². The van der Waals surface area contributed by atoms with E-state index in [-0.39, 0.29) is 5.54 Å².